The highest BCUT2D eigenvalue weighted by molar-refractivity contribution is 5.91. The van der Waals surface area contributed by atoms with Gasteiger partial charge in [0, 0.05) is 42.9 Å². The smallest absolute Gasteiger partial charge is 0.279 e. The number of hydrogen-bond acceptors (Lipinski definition) is 4. The van der Waals surface area contributed by atoms with Crippen molar-refractivity contribution in [3.63, 3.8) is 0 Å². The first-order chi connectivity index (χ1) is 15.3. The first-order valence-electron chi connectivity index (χ1n) is 11.7. The van der Waals surface area contributed by atoms with Crippen LogP contribution in [0.3, 0.4) is 0 Å². The fourth-order valence-electron chi connectivity index (χ4n) is 5.12. The third-order valence-corrected chi connectivity index (χ3v) is 6.71. The van der Waals surface area contributed by atoms with Crippen LogP contribution in [0.1, 0.15) is 43.7 Å². The van der Waals surface area contributed by atoms with Crippen LogP contribution >= 0.6 is 0 Å². The topological polar surface area (TPSA) is 55.2 Å². The summed E-state index contributed by atoms with van der Waals surface area (Å²) in [5.41, 5.74) is 3.36. The Bertz CT molecular complexity index is 909. The molecular formula is C25H32N3O3+. The number of nitrogens with zero attached hydrogens (tertiary/aromatic N) is 1. The van der Waals surface area contributed by atoms with Crippen molar-refractivity contribution < 1.29 is 19.2 Å². The van der Waals surface area contributed by atoms with E-state index in [1.54, 1.807) is 0 Å². The van der Waals surface area contributed by atoms with Crippen LogP contribution in [-0.4, -0.2) is 45.3 Å². The molecule has 0 radical (unpaired) electrons. The molecule has 0 bridgehead atoms. The van der Waals surface area contributed by atoms with Gasteiger partial charge in [-0.05, 0) is 61.7 Å². The standard InChI is InChI=1S/C25H31N3O3/c29-25(26-20-7-9-21(10-8-20)27-12-2-1-3-13-27)18-28-14-4-5-22(28)19-6-11-23-24(17-19)31-16-15-30-23/h6-11,17,22H,1-5,12-16,18H2,(H,26,29)/p+1/t22-/m1/s1. The third-order valence-electron chi connectivity index (χ3n) is 6.71. The number of nitrogens with one attached hydrogen (secondary N) is 2. The average Bonchev–Trinajstić information content (AvgIpc) is 3.27. The van der Waals surface area contributed by atoms with Gasteiger partial charge >= 0.3 is 0 Å². The van der Waals surface area contributed by atoms with E-state index < -0.39 is 0 Å². The summed E-state index contributed by atoms with van der Waals surface area (Å²) in [6, 6.07) is 14.9. The summed E-state index contributed by atoms with van der Waals surface area (Å²) in [6.07, 6.45) is 6.08. The maximum atomic E-state index is 12.8. The predicted octanol–water partition coefficient (Wildman–Crippen LogP) is 2.81. The van der Waals surface area contributed by atoms with Crippen molar-refractivity contribution in [2.75, 3.05) is 49.6 Å². The highest BCUT2D eigenvalue weighted by atomic mass is 16.6. The number of amides is 1. The van der Waals surface area contributed by atoms with Gasteiger partial charge in [0.15, 0.2) is 18.0 Å². The van der Waals surface area contributed by atoms with Gasteiger partial charge in [0.05, 0.1) is 6.54 Å². The number of benzene rings is 2. The molecule has 0 aliphatic carbocycles. The van der Waals surface area contributed by atoms with E-state index in [0.717, 1.165) is 49.7 Å². The van der Waals surface area contributed by atoms with Gasteiger partial charge in [-0.2, -0.15) is 0 Å². The van der Waals surface area contributed by atoms with Gasteiger partial charge in [-0.1, -0.05) is 0 Å². The molecular weight excluding hydrogens is 390 g/mol. The summed E-state index contributed by atoms with van der Waals surface area (Å²) < 4.78 is 11.4. The second kappa shape index (κ2) is 9.18. The lowest BCUT2D eigenvalue weighted by molar-refractivity contribution is -0.910. The van der Waals surface area contributed by atoms with Gasteiger partial charge in [-0.3, -0.25) is 4.79 Å². The van der Waals surface area contributed by atoms with Crippen LogP contribution in [0.15, 0.2) is 42.5 Å². The van der Waals surface area contributed by atoms with E-state index in [1.165, 1.54) is 35.4 Å². The van der Waals surface area contributed by atoms with E-state index >= 15 is 0 Å². The molecule has 5 rings (SSSR count). The zero-order chi connectivity index (χ0) is 21.0. The number of hydrogen-bond donors (Lipinski definition) is 2. The van der Waals surface area contributed by atoms with Crippen LogP contribution in [0.5, 0.6) is 11.5 Å². The van der Waals surface area contributed by atoms with E-state index in [-0.39, 0.29) is 5.91 Å². The first-order valence-corrected chi connectivity index (χ1v) is 11.7. The fraction of sp³-hybridized carbons (Fsp3) is 0.480. The molecule has 2 saturated heterocycles. The SMILES string of the molecule is O=C(C[NH+]1CCC[C@@H]1c1ccc2c(c1)OCCO2)Nc1ccc(N2CCCCC2)cc1. The molecule has 2 aromatic carbocycles. The lowest BCUT2D eigenvalue weighted by Crippen LogP contribution is -3.11. The molecule has 6 heteroatoms. The largest absolute Gasteiger partial charge is 0.486 e. The monoisotopic (exact) mass is 422 g/mol. The first kappa shape index (κ1) is 20.2. The predicted molar refractivity (Wildman–Crippen MR) is 121 cm³/mol. The van der Waals surface area contributed by atoms with Gasteiger partial charge in [-0.15, -0.1) is 0 Å². The Morgan fingerprint density at radius 2 is 1.74 bits per heavy atom. The van der Waals surface area contributed by atoms with E-state index in [1.807, 2.05) is 18.2 Å². The van der Waals surface area contributed by atoms with Gasteiger partial charge in [0.25, 0.3) is 5.91 Å². The van der Waals surface area contributed by atoms with Crippen molar-refractivity contribution in [2.24, 2.45) is 0 Å². The molecule has 2 atom stereocenters. The van der Waals surface area contributed by atoms with Crippen molar-refractivity contribution in [3.05, 3.63) is 48.0 Å². The van der Waals surface area contributed by atoms with Crippen LogP contribution < -0.4 is 24.6 Å². The Hall–Kier alpha value is -2.73. The van der Waals surface area contributed by atoms with E-state index in [9.17, 15) is 4.79 Å². The summed E-state index contributed by atoms with van der Waals surface area (Å²) in [6.45, 7) is 4.95. The number of anilines is 2. The molecule has 1 unspecified atom stereocenters. The van der Waals surface area contributed by atoms with Crippen LogP contribution in [0.2, 0.25) is 0 Å². The molecule has 1 amide bonds. The maximum Gasteiger partial charge on any atom is 0.279 e. The second-order valence-electron chi connectivity index (χ2n) is 8.83. The lowest BCUT2D eigenvalue weighted by atomic mass is 10.0. The highest BCUT2D eigenvalue weighted by Crippen LogP contribution is 2.33. The summed E-state index contributed by atoms with van der Waals surface area (Å²) in [7, 11) is 0. The van der Waals surface area contributed by atoms with Gasteiger partial charge in [0.2, 0.25) is 0 Å². The maximum absolute atomic E-state index is 12.8. The summed E-state index contributed by atoms with van der Waals surface area (Å²) >= 11 is 0. The molecule has 0 aromatic heterocycles. The van der Waals surface area contributed by atoms with Crippen molar-refractivity contribution in [2.45, 2.75) is 38.1 Å². The number of likely N-dealkylation sites (tertiary alicyclic amines) is 1. The Labute approximate surface area is 184 Å². The minimum Gasteiger partial charge on any atom is -0.486 e. The summed E-state index contributed by atoms with van der Waals surface area (Å²) in [4.78, 5) is 16.5. The van der Waals surface area contributed by atoms with Crippen LogP contribution in [0.4, 0.5) is 11.4 Å². The van der Waals surface area contributed by atoms with Crippen molar-refractivity contribution in [3.8, 4) is 11.5 Å². The molecule has 31 heavy (non-hydrogen) atoms. The number of piperidine rings is 1. The zero-order valence-electron chi connectivity index (χ0n) is 18.1. The second-order valence-corrected chi connectivity index (χ2v) is 8.83. The highest BCUT2D eigenvalue weighted by Gasteiger charge is 2.32. The number of rotatable bonds is 5. The normalized spacial score (nSPS) is 22.9. The molecule has 2 aromatic rings. The zero-order valence-corrected chi connectivity index (χ0v) is 18.1. The van der Waals surface area contributed by atoms with E-state index in [0.29, 0.717) is 25.8 Å². The molecule has 3 aliphatic rings. The van der Waals surface area contributed by atoms with E-state index in [2.05, 4.69) is 34.5 Å². The Morgan fingerprint density at radius 1 is 0.968 bits per heavy atom. The number of carbonyl (C=O) groups excluding carboxylic acids is 1. The Balaban J connectivity index is 1.20. The number of ether oxygens (including phenoxy) is 2. The number of carbonyl (C=O) groups is 1. The molecule has 0 saturated carbocycles. The molecule has 6 nitrogen and oxygen atoms in total. The van der Waals surface area contributed by atoms with Crippen LogP contribution in [0.25, 0.3) is 0 Å². The van der Waals surface area contributed by atoms with Crippen LogP contribution in [-0.2, 0) is 4.79 Å². The molecule has 2 fully saturated rings. The van der Waals surface area contributed by atoms with E-state index in [4.69, 9.17) is 9.47 Å². The molecule has 2 N–H and O–H groups in total. The number of quaternary nitrogens is 1. The molecule has 164 valence electrons. The minimum atomic E-state index is 0.0742. The summed E-state index contributed by atoms with van der Waals surface area (Å²) in [5.74, 6) is 1.72. The van der Waals surface area contributed by atoms with Crippen molar-refractivity contribution in [1.82, 2.24) is 0 Å². The third kappa shape index (κ3) is 4.64. The minimum absolute atomic E-state index is 0.0742. The summed E-state index contributed by atoms with van der Waals surface area (Å²) in [5, 5.41) is 3.10. The Kier molecular flexibility index (Phi) is 5.98. The molecule has 3 heterocycles. The van der Waals surface area contributed by atoms with Gasteiger partial charge in [-0.25, -0.2) is 0 Å². The van der Waals surface area contributed by atoms with Crippen LogP contribution in [0, 0.1) is 0 Å². The quantitative estimate of drug-likeness (QED) is 0.778. The van der Waals surface area contributed by atoms with Gasteiger partial charge in [0.1, 0.15) is 19.3 Å². The van der Waals surface area contributed by atoms with Gasteiger partial charge < -0.3 is 24.6 Å². The fourth-order valence-corrected chi connectivity index (χ4v) is 5.12. The molecule has 3 aliphatic heterocycles. The number of fused-ring (bicyclic) bond motifs is 1. The Morgan fingerprint density at radius 3 is 2.55 bits per heavy atom. The van der Waals surface area contributed by atoms with Crippen molar-refractivity contribution in [1.29, 1.82) is 0 Å². The van der Waals surface area contributed by atoms with Crippen molar-refractivity contribution >= 4 is 17.3 Å². The average molecular weight is 423 g/mol. The molecule has 0 spiro atoms. The lowest BCUT2D eigenvalue weighted by Gasteiger charge is -2.28.